The smallest absolute Gasteiger partial charge is 0.306 e. The summed E-state index contributed by atoms with van der Waals surface area (Å²) in [6, 6.07) is 0. The van der Waals surface area contributed by atoms with Crippen molar-refractivity contribution in [3.8, 4) is 0 Å². The number of esters is 3. The molecular formula is C75H124O6. The Balaban J connectivity index is 4.43. The lowest BCUT2D eigenvalue weighted by molar-refractivity contribution is -0.167. The van der Waals surface area contributed by atoms with Crippen molar-refractivity contribution in [2.45, 2.75) is 309 Å². The van der Waals surface area contributed by atoms with E-state index in [0.717, 1.165) is 109 Å². The van der Waals surface area contributed by atoms with Crippen molar-refractivity contribution in [2.24, 2.45) is 0 Å². The van der Waals surface area contributed by atoms with Crippen molar-refractivity contribution in [3.63, 3.8) is 0 Å². The summed E-state index contributed by atoms with van der Waals surface area (Å²) in [6.45, 7) is 6.37. The van der Waals surface area contributed by atoms with E-state index in [9.17, 15) is 14.4 Å². The summed E-state index contributed by atoms with van der Waals surface area (Å²) < 4.78 is 16.9. The molecule has 0 amide bonds. The van der Waals surface area contributed by atoms with Crippen LogP contribution >= 0.6 is 0 Å². The summed E-state index contributed by atoms with van der Waals surface area (Å²) in [5.74, 6) is -0.962. The zero-order chi connectivity index (χ0) is 58.5. The van der Waals surface area contributed by atoms with E-state index < -0.39 is 6.10 Å². The maximum atomic E-state index is 12.9. The molecule has 0 N–H and O–H groups in total. The third kappa shape index (κ3) is 66.2. The second kappa shape index (κ2) is 68.1. The van der Waals surface area contributed by atoms with E-state index in [0.29, 0.717) is 19.3 Å². The van der Waals surface area contributed by atoms with Crippen molar-refractivity contribution in [1.82, 2.24) is 0 Å². The molecule has 0 aromatic carbocycles. The highest BCUT2D eigenvalue weighted by Crippen LogP contribution is 2.16. The van der Waals surface area contributed by atoms with Crippen LogP contribution in [0.3, 0.4) is 0 Å². The molecule has 1 atom stereocenters. The quantitative estimate of drug-likeness (QED) is 0.0261. The van der Waals surface area contributed by atoms with Crippen LogP contribution in [0.15, 0.2) is 134 Å². The van der Waals surface area contributed by atoms with Crippen molar-refractivity contribution in [1.29, 1.82) is 0 Å². The van der Waals surface area contributed by atoms with Crippen molar-refractivity contribution in [2.75, 3.05) is 13.2 Å². The van der Waals surface area contributed by atoms with Gasteiger partial charge in [0.05, 0.1) is 0 Å². The monoisotopic (exact) mass is 1120 g/mol. The van der Waals surface area contributed by atoms with Crippen LogP contribution in [-0.4, -0.2) is 37.2 Å². The Bertz CT molecular complexity index is 1720. The van der Waals surface area contributed by atoms with E-state index in [-0.39, 0.29) is 37.5 Å². The summed E-state index contributed by atoms with van der Waals surface area (Å²) in [4.78, 5) is 38.4. The maximum Gasteiger partial charge on any atom is 0.306 e. The van der Waals surface area contributed by atoms with Crippen LogP contribution in [0, 0.1) is 0 Å². The van der Waals surface area contributed by atoms with Gasteiger partial charge in [-0.15, -0.1) is 0 Å². The van der Waals surface area contributed by atoms with Gasteiger partial charge in [-0.1, -0.05) is 289 Å². The average Bonchev–Trinajstić information content (AvgIpc) is 3.47. The highest BCUT2D eigenvalue weighted by atomic mass is 16.6. The zero-order valence-corrected chi connectivity index (χ0v) is 52.8. The Labute approximate surface area is 500 Å². The van der Waals surface area contributed by atoms with Crippen LogP contribution in [0.4, 0.5) is 0 Å². The summed E-state index contributed by atoms with van der Waals surface area (Å²) >= 11 is 0. The number of carbonyl (C=O) groups is 3. The Kier molecular flexibility index (Phi) is 64.3. The maximum absolute atomic E-state index is 12.9. The molecule has 0 heterocycles. The fourth-order valence-electron chi connectivity index (χ4n) is 9.15. The van der Waals surface area contributed by atoms with Gasteiger partial charge < -0.3 is 14.2 Å². The second-order valence-corrected chi connectivity index (χ2v) is 22.0. The number of ether oxygens (including phenoxy) is 3. The highest BCUT2D eigenvalue weighted by Gasteiger charge is 2.19. The van der Waals surface area contributed by atoms with Crippen LogP contribution in [-0.2, 0) is 28.6 Å². The van der Waals surface area contributed by atoms with Gasteiger partial charge in [-0.3, -0.25) is 14.4 Å². The standard InChI is InChI=1S/C75H124O6/c1-4-7-10-13-16-19-22-25-28-31-33-35-36-37-38-40-41-44-47-50-53-56-59-62-65-68-74(77)80-71-72(70-79-73(76)67-64-61-58-55-52-49-46-43-30-27-24-21-18-15-12-9-6-3)81-75(78)69-66-63-60-57-54-51-48-45-42-39-34-32-29-26-23-20-17-14-11-8-5-2/h7,9-10,12,16,18-19,21,23,25-28,30,32-35,46,49,55,58,72H,4-6,8,11,13-15,17,20,22,24,29,31,36-45,47-48,50-54,56-57,59-71H2,1-3H3/b10-7-,12-9-,19-16-,21-18-,26-23-,28-25-,30-27-,34-32-,35-33-,49-46-,58-55-. The summed E-state index contributed by atoms with van der Waals surface area (Å²) in [7, 11) is 0. The molecule has 460 valence electrons. The first-order valence-corrected chi connectivity index (χ1v) is 33.7. The van der Waals surface area contributed by atoms with Gasteiger partial charge in [0, 0.05) is 19.3 Å². The third-order valence-corrected chi connectivity index (χ3v) is 14.1. The minimum atomic E-state index is -0.810. The Hall–Kier alpha value is -4.45. The Morgan fingerprint density at radius 3 is 0.802 bits per heavy atom. The molecule has 0 aliphatic heterocycles. The molecule has 0 saturated carbocycles. The van der Waals surface area contributed by atoms with Crippen molar-refractivity contribution in [3.05, 3.63) is 134 Å². The number of allylic oxidation sites excluding steroid dienone is 22. The Morgan fingerprint density at radius 1 is 0.259 bits per heavy atom. The third-order valence-electron chi connectivity index (χ3n) is 14.1. The lowest BCUT2D eigenvalue weighted by Crippen LogP contribution is -2.30. The summed E-state index contributed by atoms with van der Waals surface area (Å²) in [5.41, 5.74) is 0. The van der Waals surface area contributed by atoms with Crippen LogP contribution in [0.5, 0.6) is 0 Å². The molecule has 0 aliphatic carbocycles. The first-order valence-electron chi connectivity index (χ1n) is 33.7. The number of hydrogen-bond donors (Lipinski definition) is 0. The van der Waals surface area contributed by atoms with E-state index in [1.807, 2.05) is 0 Å². The van der Waals surface area contributed by atoms with Gasteiger partial charge >= 0.3 is 17.9 Å². The molecule has 6 heteroatoms. The zero-order valence-electron chi connectivity index (χ0n) is 52.8. The topological polar surface area (TPSA) is 78.9 Å². The molecule has 0 saturated heterocycles. The van der Waals surface area contributed by atoms with Gasteiger partial charge in [0.25, 0.3) is 0 Å². The predicted molar refractivity (Wildman–Crippen MR) is 353 cm³/mol. The number of carbonyl (C=O) groups excluding carboxylic acids is 3. The van der Waals surface area contributed by atoms with Crippen molar-refractivity contribution < 1.29 is 28.6 Å². The van der Waals surface area contributed by atoms with E-state index in [1.165, 1.54) is 148 Å². The van der Waals surface area contributed by atoms with Crippen molar-refractivity contribution >= 4 is 17.9 Å². The predicted octanol–water partition coefficient (Wildman–Crippen LogP) is 23.3. The van der Waals surface area contributed by atoms with Crippen LogP contribution in [0.1, 0.15) is 303 Å². The van der Waals surface area contributed by atoms with E-state index in [2.05, 4.69) is 154 Å². The fraction of sp³-hybridized carbons (Fsp3) is 0.667. The molecule has 6 nitrogen and oxygen atoms in total. The van der Waals surface area contributed by atoms with Gasteiger partial charge in [-0.05, 0) is 128 Å². The van der Waals surface area contributed by atoms with Crippen LogP contribution in [0.2, 0.25) is 0 Å². The minimum absolute atomic E-state index is 0.101. The van der Waals surface area contributed by atoms with Gasteiger partial charge in [0.15, 0.2) is 6.10 Å². The number of rotatable bonds is 60. The molecule has 0 fully saturated rings. The molecule has 0 radical (unpaired) electrons. The molecule has 0 aliphatic rings. The Morgan fingerprint density at radius 2 is 0.494 bits per heavy atom. The molecule has 81 heavy (non-hydrogen) atoms. The molecular weight excluding hydrogens is 997 g/mol. The molecule has 0 aromatic rings. The lowest BCUT2D eigenvalue weighted by Gasteiger charge is -2.18. The summed E-state index contributed by atoms with van der Waals surface area (Å²) in [6.07, 6.45) is 96.1. The lowest BCUT2D eigenvalue weighted by atomic mass is 10.0. The SMILES string of the molecule is CC/C=C\C/C=C\C/C=C\C/C=C\C/C=C\CCCC(=O)OCC(COC(=O)CCCCCCCCCCCCCC/C=C\C/C=C\C/C=C\C/C=C\CC)OC(=O)CCCCCCCCCCC/C=C\C/C=C\CCCCCCC. The average molecular weight is 1120 g/mol. The van der Waals surface area contributed by atoms with Gasteiger partial charge in [0.2, 0.25) is 0 Å². The molecule has 1 unspecified atom stereocenters. The van der Waals surface area contributed by atoms with E-state index in [4.69, 9.17) is 14.2 Å². The fourth-order valence-corrected chi connectivity index (χ4v) is 9.15. The van der Waals surface area contributed by atoms with Gasteiger partial charge in [-0.2, -0.15) is 0 Å². The normalized spacial score (nSPS) is 13.0. The van der Waals surface area contributed by atoms with Crippen LogP contribution in [0.25, 0.3) is 0 Å². The van der Waals surface area contributed by atoms with E-state index >= 15 is 0 Å². The second-order valence-electron chi connectivity index (χ2n) is 22.0. The summed E-state index contributed by atoms with van der Waals surface area (Å²) in [5, 5.41) is 0. The highest BCUT2D eigenvalue weighted by molar-refractivity contribution is 5.71. The number of unbranched alkanes of at least 4 members (excludes halogenated alkanes) is 27. The molecule has 0 rings (SSSR count). The van der Waals surface area contributed by atoms with Gasteiger partial charge in [-0.25, -0.2) is 0 Å². The van der Waals surface area contributed by atoms with Gasteiger partial charge in [0.1, 0.15) is 13.2 Å². The molecule has 0 spiro atoms. The largest absolute Gasteiger partial charge is 0.462 e. The molecule has 0 aromatic heterocycles. The first kappa shape index (κ1) is 76.5. The minimum Gasteiger partial charge on any atom is -0.462 e. The number of hydrogen-bond acceptors (Lipinski definition) is 6. The molecule has 0 bridgehead atoms. The van der Waals surface area contributed by atoms with Crippen LogP contribution < -0.4 is 0 Å². The first-order chi connectivity index (χ1) is 40.0. The van der Waals surface area contributed by atoms with E-state index in [1.54, 1.807) is 0 Å².